The quantitative estimate of drug-likeness (QED) is 0.452. The maximum atomic E-state index is 6.96. The number of rotatable bonds is 6. The number of allylic oxidation sites excluding steroid dienone is 3. The first-order valence-corrected chi connectivity index (χ1v) is 11.8. The Morgan fingerprint density at radius 2 is 1.88 bits per heavy atom. The first-order chi connectivity index (χ1) is 16.2. The van der Waals surface area contributed by atoms with Gasteiger partial charge in [-0.2, -0.15) is 0 Å². The SMILES string of the molecule is CCCC1(C23C=CC=CC2C3)CN=C(c2c(OC)c(-c3ccccc3)nc3ccccc23)O1. The smallest absolute Gasteiger partial charge is 0.221 e. The average molecular weight is 437 g/mol. The highest BCUT2D eigenvalue weighted by atomic mass is 16.5. The molecule has 0 bridgehead atoms. The maximum absolute atomic E-state index is 6.96. The molecule has 4 nitrogen and oxygen atoms in total. The van der Waals surface area contributed by atoms with E-state index in [1.54, 1.807) is 7.11 Å². The molecule has 6 rings (SSSR count). The lowest BCUT2D eigenvalue weighted by Crippen LogP contribution is -2.44. The monoisotopic (exact) mass is 436 g/mol. The number of ether oxygens (including phenoxy) is 2. The highest BCUT2D eigenvalue weighted by Gasteiger charge is 2.67. The van der Waals surface area contributed by atoms with Crippen molar-refractivity contribution in [3.05, 3.63) is 84.5 Å². The van der Waals surface area contributed by atoms with Crippen LogP contribution in [-0.2, 0) is 4.74 Å². The van der Waals surface area contributed by atoms with Crippen LogP contribution in [0.1, 0.15) is 31.7 Å². The van der Waals surface area contributed by atoms with Crippen LogP contribution in [0, 0.1) is 11.3 Å². The van der Waals surface area contributed by atoms with Crippen LogP contribution in [-0.4, -0.2) is 30.1 Å². The summed E-state index contributed by atoms with van der Waals surface area (Å²) in [5.41, 5.74) is 3.38. The van der Waals surface area contributed by atoms with Gasteiger partial charge in [-0.1, -0.05) is 86.2 Å². The molecular weight excluding hydrogens is 408 g/mol. The van der Waals surface area contributed by atoms with E-state index in [0.29, 0.717) is 18.4 Å². The summed E-state index contributed by atoms with van der Waals surface area (Å²) < 4.78 is 13.0. The van der Waals surface area contributed by atoms with E-state index in [2.05, 4.69) is 49.4 Å². The van der Waals surface area contributed by atoms with Gasteiger partial charge < -0.3 is 9.47 Å². The van der Waals surface area contributed by atoms with Crippen molar-refractivity contribution >= 4 is 16.8 Å². The van der Waals surface area contributed by atoms with Gasteiger partial charge in [-0.3, -0.25) is 0 Å². The fourth-order valence-electron chi connectivity index (χ4n) is 5.82. The Morgan fingerprint density at radius 1 is 1.06 bits per heavy atom. The molecule has 4 heteroatoms. The van der Waals surface area contributed by atoms with Gasteiger partial charge in [-0.15, -0.1) is 0 Å². The second-order valence-corrected chi connectivity index (χ2v) is 9.31. The van der Waals surface area contributed by atoms with Crippen molar-refractivity contribution in [1.29, 1.82) is 0 Å². The van der Waals surface area contributed by atoms with Crippen molar-refractivity contribution in [2.75, 3.05) is 13.7 Å². The van der Waals surface area contributed by atoms with Gasteiger partial charge in [-0.25, -0.2) is 9.98 Å². The van der Waals surface area contributed by atoms with E-state index in [-0.39, 0.29) is 11.0 Å². The molecular formula is C29H28N2O2. The first kappa shape index (κ1) is 20.2. The van der Waals surface area contributed by atoms with Gasteiger partial charge in [0.1, 0.15) is 11.3 Å². The molecule has 0 N–H and O–H groups in total. The molecule has 3 aromatic rings. The van der Waals surface area contributed by atoms with Crippen molar-refractivity contribution in [1.82, 2.24) is 4.98 Å². The Kier molecular flexibility index (Phi) is 4.65. The van der Waals surface area contributed by atoms with Crippen molar-refractivity contribution in [3.63, 3.8) is 0 Å². The Hall–Kier alpha value is -3.40. The number of nitrogens with zero attached hydrogens (tertiary/aromatic N) is 2. The van der Waals surface area contributed by atoms with E-state index in [9.17, 15) is 0 Å². The highest BCUT2D eigenvalue weighted by molar-refractivity contribution is 6.11. The number of methoxy groups -OCH3 is 1. The number of benzene rings is 2. The lowest BCUT2D eigenvalue weighted by molar-refractivity contribution is 0.0167. The van der Waals surface area contributed by atoms with E-state index in [1.165, 1.54) is 0 Å². The Balaban J connectivity index is 1.51. The molecule has 3 aliphatic rings. The summed E-state index contributed by atoms with van der Waals surface area (Å²) in [7, 11) is 1.71. The normalized spacial score (nSPS) is 27.2. The first-order valence-electron chi connectivity index (χ1n) is 11.8. The third-order valence-corrected chi connectivity index (χ3v) is 7.49. The van der Waals surface area contributed by atoms with Gasteiger partial charge in [0.25, 0.3) is 0 Å². The van der Waals surface area contributed by atoms with Gasteiger partial charge in [0.05, 0.1) is 24.7 Å². The van der Waals surface area contributed by atoms with Crippen molar-refractivity contribution in [3.8, 4) is 17.0 Å². The number of pyridine rings is 1. The van der Waals surface area contributed by atoms with Gasteiger partial charge in [0.2, 0.25) is 5.90 Å². The van der Waals surface area contributed by atoms with E-state index < -0.39 is 0 Å². The van der Waals surface area contributed by atoms with Crippen LogP contribution in [0.3, 0.4) is 0 Å². The van der Waals surface area contributed by atoms with Crippen molar-refractivity contribution in [2.24, 2.45) is 16.3 Å². The zero-order valence-corrected chi connectivity index (χ0v) is 19.1. The summed E-state index contributed by atoms with van der Waals surface area (Å²) in [5.74, 6) is 1.94. The summed E-state index contributed by atoms with van der Waals surface area (Å²) in [6.07, 6.45) is 12.2. The number of para-hydroxylation sites is 1. The summed E-state index contributed by atoms with van der Waals surface area (Å²) in [5, 5.41) is 1.00. The molecule has 0 amide bonds. The predicted octanol–water partition coefficient (Wildman–Crippen LogP) is 6.36. The molecule has 2 aromatic carbocycles. The molecule has 0 radical (unpaired) electrons. The molecule has 166 valence electrons. The molecule has 1 fully saturated rings. The van der Waals surface area contributed by atoms with E-state index >= 15 is 0 Å². The molecule has 2 heterocycles. The average Bonchev–Trinajstić information content (AvgIpc) is 3.49. The molecule has 1 aromatic heterocycles. The minimum absolute atomic E-state index is 0.0430. The minimum Gasteiger partial charge on any atom is -0.494 e. The lowest BCUT2D eigenvalue weighted by atomic mass is 9.77. The van der Waals surface area contributed by atoms with Crippen LogP contribution in [0.25, 0.3) is 22.2 Å². The van der Waals surface area contributed by atoms with Gasteiger partial charge in [-0.05, 0) is 24.8 Å². The van der Waals surface area contributed by atoms with Crippen LogP contribution in [0.2, 0.25) is 0 Å². The third-order valence-electron chi connectivity index (χ3n) is 7.49. The van der Waals surface area contributed by atoms with Crippen molar-refractivity contribution in [2.45, 2.75) is 31.8 Å². The minimum atomic E-state index is -0.314. The number of hydrogen-bond acceptors (Lipinski definition) is 4. The van der Waals surface area contributed by atoms with Gasteiger partial charge in [0, 0.05) is 16.4 Å². The molecule has 3 atom stereocenters. The van der Waals surface area contributed by atoms with Crippen LogP contribution in [0.4, 0.5) is 0 Å². The summed E-state index contributed by atoms with van der Waals surface area (Å²) in [6, 6.07) is 18.4. The third kappa shape index (κ3) is 2.97. The van der Waals surface area contributed by atoms with Gasteiger partial charge in [0.15, 0.2) is 5.75 Å². The molecule has 0 saturated heterocycles. The summed E-state index contributed by atoms with van der Waals surface area (Å²) in [6.45, 7) is 2.90. The summed E-state index contributed by atoms with van der Waals surface area (Å²) >= 11 is 0. The van der Waals surface area contributed by atoms with E-state index in [4.69, 9.17) is 19.5 Å². The van der Waals surface area contributed by atoms with Crippen LogP contribution < -0.4 is 4.74 Å². The second-order valence-electron chi connectivity index (χ2n) is 9.31. The second kappa shape index (κ2) is 7.58. The van der Waals surface area contributed by atoms with Crippen LogP contribution >= 0.6 is 0 Å². The molecule has 2 aliphatic carbocycles. The zero-order chi connectivity index (χ0) is 22.5. The number of hydrogen-bond donors (Lipinski definition) is 0. The van der Waals surface area contributed by atoms with E-state index in [1.807, 2.05) is 36.4 Å². The molecule has 1 saturated carbocycles. The molecule has 33 heavy (non-hydrogen) atoms. The standard InChI is InChI=1S/C29H28N2O2/c1-3-16-29(28-17-10-9-13-21(28)18-28)19-30-27(33-29)24-22-14-7-8-15-23(22)31-25(26(24)32-2)20-11-5-4-6-12-20/h4-15,17,21H,3,16,18-19H2,1-2H3. The molecule has 1 aliphatic heterocycles. The largest absolute Gasteiger partial charge is 0.494 e. The molecule has 3 unspecified atom stereocenters. The van der Waals surface area contributed by atoms with Crippen molar-refractivity contribution < 1.29 is 9.47 Å². The maximum Gasteiger partial charge on any atom is 0.221 e. The lowest BCUT2D eigenvalue weighted by Gasteiger charge is -2.37. The summed E-state index contributed by atoms with van der Waals surface area (Å²) in [4.78, 5) is 10.0. The number of aliphatic imine (C=N–C) groups is 1. The fourth-order valence-corrected chi connectivity index (χ4v) is 5.82. The zero-order valence-electron chi connectivity index (χ0n) is 19.1. The molecule has 0 spiro atoms. The Labute approximate surface area is 194 Å². The number of fused-ring (bicyclic) bond motifs is 2. The highest BCUT2D eigenvalue weighted by Crippen LogP contribution is 2.66. The number of aromatic nitrogens is 1. The van der Waals surface area contributed by atoms with Crippen LogP contribution in [0.15, 0.2) is 83.9 Å². The predicted molar refractivity (Wildman–Crippen MR) is 133 cm³/mol. The van der Waals surface area contributed by atoms with Crippen LogP contribution in [0.5, 0.6) is 5.75 Å². The Morgan fingerprint density at radius 3 is 2.67 bits per heavy atom. The van der Waals surface area contributed by atoms with E-state index in [0.717, 1.165) is 52.7 Å². The topological polar surface area (TPSA) is 43.7 Å². The fraction of sp³-hybridized carbons (Fsp3) is 0.310. The Bertz CT molecular complexity index is 1310. The van der Waals surface area contributed by atoms with Gasteiger partial charge >= 0.3 is 0 Å².